The van der Waals surface area contributed by atoms with Gasteiger partial charge in [-0.2, -0.15) is 0 Å². The number of rotatable bonds is 11. The van der Waals surface area contributed by atoms with Gasteiger partial charge in [0.1, 0.15) is 30.0 Å². The first-order chi connectivity index (χ1) is 17.8. The predicted molar refractivity (Wildman–Crippen MR) is 140 cm³/mol. The molecule has 0 bridgehead atoms. The summed E-state index contributed by atoms with van der Waals surface area (Å²) in [6.45, 7) is 1.23. The first kappa shape index (κ1) is 25.4. The maximum Gasteiger partial charge on any atom is 0.350 e. The molecule has 2 aromatic heterocycles. The Labute approximate surface area is 213 Å². The van der Waals surface area contributed by atoms with E-state index < -0.39 is 11.7 Å². The molecule has 2 aromatic carbocycles. The summed E-state index contributed by atoms with van der Waals surface area (Å²) in [6, 6.07) is 13.6. The van der Waals surface area contributed by atoms with Crippen LogP contribution in [0.3, 0.4) is 0 Å². The Morgan fingerprint density at radius 1 is 1.16 bits per heavy atom. The topological polar surface area (TPSA) is 160 Å². The van der Waals surface area contributed by atoms with Gasteiger partial charge in [-0.25, -0.2) is 14.8 Å². The Balaban J connectivity index is 1.75. The average Bonchev–Trinajstić information content (AvgIpc) is 3.28. The largest absolute Gasteiger partial charge is 0.497 e. The van der Waals surface area contributed by atoms with Gasteiger partial charge in [-0.3, -0.25) is 10.4 Å². The molecule has 192 valence electrons. The van der Waals surface area contributed by atoms with Gasteiger partial charge in [-0.15, -0.1) is 9.78 Å². The van der Waals surface area contributed by atoms with Crippen LogP contribution in [0, 0.1) is 5.41 Å². The fourth-order valence-corrected chi connectivity index (χ4v) is 3.54. The van der Waals surface area contributed by atoms with E-state index in [1.54, 1.807) is 43.5 Å². The number of anilines is 1. The number of nitrogens with two attached hydrogens (primary N) is 1. The van der Waals surface area contributed by atoms with Gasteiger partial charge >= 0.3 is 5.69 Å². The maximum atomic E-state index is 12.8. The van der Waals surface area contributed by atoms with Crippen LogP contribution in [0.1, 0.15) is 23.0 Å². The van der Waals surface area contributed by atoms with Crippen LogP contribution in [0.4, 0.5) is 5.69 Å². The first-order valence-corrected chi connectivity index (χ1v) is 11.5. The lowest BCUT2D eigenvalue weighted by atomic mass is 10.0. The Morgan fingerprint density at radius 3 is 2.51 bits per heavy atom. The van der Waals surface area contributed by atoms with Crippen LogP contribution in [-0.4, -0.2) is 69.8 Å². The minimum atomic E-state index is -0.605. The van der Waals surface area contributed by atoms with Gasteiger partial charge in [0.2, 0.25) is 0 Å². The van der Waals surface area contributed by atoms with Crippen molar-refractivity contribution >= 4 is 11.5 Å². The minimum Gasteiger partial charge on any atom is -0.497 e. The quantitative estimate of drug-likeness (QED) is 0.177. The van der Waals surface area contributed by atoms with E-state index in [0.29, 0.717) is 29.5 Å². The van der Waals surface area contributed by atoms with E-state index in [2.05, 4.69) is 25.4 Å². The Bertz CT molecular complexity index is 1400. The average molecular weight is 504 g/mol. The summed E-state index contributed by atoms with van der Waals surface area (Å²) in [7, 11) is 5.52. The second-order valence-electron chi connectivity index (χ2n) is 8.44. The lowest BCUT2D eigenvalue weighted by molar-refractivity contribution is 0.260. The van der Waals surface area contributed by atoms with Gasteiger partial charge in [0.15, 0.2) is 5.82 Å². The third-order valence-corrected chi connectivity index (χ3v) is 5.44. The van der Waals surface area contributed by atoms with Crippen molar-refractivity contribution in [3.63, 3.8) is 0 Å². The second kappa shape index (κ2) is 11.4. The van der Waals surface area contributed by atoms with Gasteiger partial charge in [-0.05, 0) is 62.1 Å². The van der Waals surface area contributed by atoms with Crippen molar-refractivity contribution in [2.75, 3.05) is 39.7 Å². The second-order valence-corrected chi connectivity index (χ2v) is 8.44. The van der Waals surface area contributed by atoms with Crippen molar-refractivity contribution in [3.8, 4) is 17.4 Å². The molecule has 1 atom stereocenters. The number of hydrogen-bond acceptors (Lipinski definition) is 9. The Hall–Kier alpha value is -4.71. The van der Waals surface area contributed by atoms with Crippen LogP contribution in [0.2, 0.25) is 0 Å². The summed E-state index contributed by atoms with van der Waals surface area (Å²) in [5, 5.41) is 15.5. The van der Waals surface area contributed by atoms with Crippen LogP contribution >= 0.6 is 0 Å². The number of hydrogen-bond donors (Lipinski definition) is 4. The molecule has 4 rings (SSSR count). The molecule has 2 heterocycles. The number of aromatic amines is 1. The molecule has 0 radical (unpaired) electrons. The van der Waals surface area contributed by atoms with Gasteiger partial charge < -0.3 is 25.4 Å². The highest BCUT2D eigenvalue weighted by Crippen LogP contribution is 2.31. The third kappa shape index (κ3) is 6.30. The summed E-state index contributed by atoms with van der Waals surface area (Å²) >= 11 is 0. The van der Waals surface area contributed by atoms with Crippen molar-refractivity contribution < 1.29 is 9.47 Å². The first-order valence-electron chi connectivity index (χ1n) is 11.5. The van der Waals surface area contributed by atoms with E-state index in [0.717, 1.165) is 22.5 Å². The molecule has 0 fully saturated rings. The predicted octanol–water partition coefficient (Wildman–Crippen LogP) is 1.79. The van der Waals surface area contributed by atoms with Crippen molar-refractivity contribution in [3.05, 3.63) is 88.4 Å². The lowest BCUT2D eigenvalue weighted by Crippen LogP contribution is -2.19. The van der Waals surface area contributed by atoms with E-state index in [-0.39, 0.29) is 11.8 Å². The molecule has 1 unspecified atom stereocenters. The van der Waals surface area contributed by atoms with Crippen LogP contribution in [0.25, 0.3) is 5.95 Å². The number of nitrogen functional groups attached to an aromatic ring is 1. The van der Waals surface area contributed by atoms with Gasteiger partial charge in [0, 0.05) is 36.3 Å². The molecule has 0 spiro atoms. The van der Waals surface area contributed by atoms with E-state index in [1.807, 2.05) is 31.1 Å². The van der Waals surface area contributed by atoms with Crippen LogP contribution < -0.4 is 26.2 Å². The highest BCUT2D eigenvalue weighted by Gasteiger charge is 2.22. The molecule has 37 heavy (non-hydrogen) atoms. The fourth-order valence-electron chi connectivity index (χ4n) is 3.54. The number of H-pyrrole nitrogens is 1. The summed E-state index contributed by atoms with van der Waals surface area (Å²) in [5.74, 6) is 1.66. The summed E-state index contributed by atoms with van der Waals surface area (Å²) in [5.41, 5.74) is 7.17. The number of aromatic nitrogens is 5. The third-order valence-electron chi connectivity index (χ3n) is 5.44. The number of ether oxygens (including phenoxy) is 2. The molecule has 0 saturated heterocycles. The normalized spacial score (nSPS) is 11.8. The number of amidine groups is 1. The summed E-state index contributed by atoms with van der Waals surface area (Å²) < 4.78 is 12.6. The van der Waals surface area contributed by atoms with Crippen molar-refractivity contribution in [2.24, 2.45) is 5.73 Å². The zero-order chi connectivity index (χ0) is 26.4. The fraction of sp³-hybridized carbons (Fsp3) is 0.240. The molecule has 0 amide bonds. The Kier molecular flexibility index (Phi) is 7.79. The number of nitrogens with one attached hydrogen (secondary N) is 3. The monoisotopic (exact) mass is 503 g/mol. The number of likely N-dealkylation sites (N-methyl/N-ethyl adjacent to an activating group) is 1. The highest BCUT2D eigenvalue weighted by atomic mass is 16.5. The molecular formula is C25H29N9O3. The molecule has 5 N–H and O–H groups in total. The number of nitrogens with zero attached hydrogens (tertiary/aromatic N) is 5. The zero-order valence-corrected chi connectivity index (χ0v) is 20.8. The van der Waals surface area contributed by atoms with E-state index in [9.17, 15) is 4.79 Å². The lowest BCUT2D eigenvalue weighted by Gasteiger charge is -2.20. The molecule has 0 aliphatic rings. The van der Waals surface area contributed by atoms with Gasteiger partial charge in [0.25, 0.3) is 5.95 Å². The van der Waals surface area contributed by atoms with Crippen molar-refractivity contribution in [1.29, 1.82) is 5.41 Å². The van der Waals surface area contributed by atoms with Crippen molar-refractivity contribution in [2.45, 2.75) is 6.04 Å². The summed E-state index contributed by atoms with van der Waals surface area (Å²) in [6.07, 6.45) is 3.07. The molecule has 0 saturated carbocycles. The SMILES string of the molecule is COc1cc(OCCN(C)C)cc(C(Nc2ccc(C(=N)N)cc2)c2nn(-c3ncccn3)c(=O)[nH]2)c1. The molecule has 0 aliphatic heterocycles. The highest BCUT2D eigenvalue weighted by molar-refractivity contribution is 5.95. The van der Waals surface area contributed by atoms with Crippen LogP contribution in [0.5, 0.6) is 11.5 Å². The van der Waals surface area contributed by atoms with E-state index in [1.165, 1.54) is 12.4 Å². The zero-order valence-electron chi connectivity index (χ0n) is 20.8. The maximum absolute atomic E-state index is 12.8. The standard InChI is InChI=1S/C25H29N9O3/c1-33(2)11-12-37-20-14-17(13-19(15-20)36-3)21(30-18-7-5-16(6-8-18)22(26)27)23-31-25(35)34(32-23)24-28-9-4-10-29-24/h4-10,13-15,21,30H,11-12H2,1-3H3,(H3,26,27)(H,31,32,35). The van der Waals surface area contributed by atoms with Gasteiger partial charge in [-0.1, -0.05) is 0 Å². The van der Waals surface area contributed by atoms with Crippen molar-refractivity contribution in [1.82, 2.24) is 29.6 Å². The number of benzene rings is 2. The molecular weight excluding hydrogens is 474 g/mol. The Morgan fingerprint density at radius 2 is 1.86 bits per heavy atom. The number of methoxy groups -OCH3 is 1. The van der Waals surface area contributed by atoms with Crippen LogP contribution in [0.15, 0.2) is 65.7 Å². The van der Waals surface area contributed by atoms with E-state index >= 15 is 0 Å². The van der Waals surface area contributed by atoms with Crippen LogP contribution in [-0.2, 0) is 0 Å². The molecule has 4 aromatic rings. The minimum absolute atomic E-state index is 0.0265. The molecule has 0 aliphatic carbocycles. The summed E-state index contributed by atoms with van der Waals surface area (Å²) in [4.78, 5) is 25.9. The molecule has 12 heteroatoms. The smallest absolute Gasteiger partial charge is 0.350 e. The molecule has 12 nitrogen and oxygen atoms in total. The van der Waals surface area contributed by atoms with Gasteiger partial charge in [0.05, 0.1) is 7.11 Å². The van der Waals surface area contributed by atoms with E-state index in [4.69, 9.17) is 20.6 Å².